The van der Waals surface area contributed by atoms with Crippen molar-refractivity contribution in [1.29, 1.82) is 0 Å². The van der Waals surface area contributed by atoms with Gasteiger partial charge < -0.3 is 15.3 Å². The molecule has 2 aliphatic rings. The summed E-state index contributed by atoms with van der Waals surface area (Å²) < 4.78 is 0. The molecular formula is C19H29BN2O. The van der Waals surface area contributed by atoms with E-state index in [-0.39, 0.29) is 0 Å². The minimum absolute atomic E-state index is 0.457. The van der Waals surface area contributed by atoms with E-state index in [9.17, 15) is 5.11 Å². The maximum Gasteiger partial charge on any atom is 0.121 e. The minimum Gasteiger partial charge on any atom is -0.507 e. The van der Waals surface area contributed by atoms with Gasteiger partial charge in [-0.25, -0.2) is 0 Å². The fraction of sp³-hybridized carbons (Fsp3) is 0.684. The molecule has 4 heteroatoms. The second kappa shape index (κ2) is 7.72. The maximum absolute atomic E-state index is 10.3. The van der Waals surface area contributed by atoms with Crippen molar-refractivity contribution < 1.29 is 5.11 Å². The first-order chi connectivity index (χ1) is 11.2. The highest BCUT2D eigenvalue weighted by Gasteiger charge is 2.29. The molecule has 2 saturated heterocycles. The van der Waals surface area contributed by atoms with Gasteiger partial charge in [-0.05, 0) is 74.2 Å². The summed E-state index contributed by atoms with van der Waals surface area (Å²) in [6.45, 7) is 8.13. The summed E-state index contributed by atoms with van der Waals surface area (Å²) in [6, 6.07) is 4.24. The summed E-state index contributed by atoms with van der Waals surface area (Å²) in [6.07, 6.45) is 5.08. The Morgan fingerprint density at radius 2 is 1.87 bits per heavy atom. The van der Waals surface area contributed by atoms with Crippen molar-refractivity contribution >= 4 is 7.85 Å². The highest BCUT2D eigenvalue weighted by Crippen LogP contribution is 2.30. The molecule has 0 aromatic heterocycles. The van der Waals surface area contributed by atoms with Crippen LogP contribution in [0.15, 0.2) is 12.1 Å². The van der Waals surface area contributed by atoms with Crippen molar-refractivity contribution in [3.63, 3.8) is 0 Å². The summed E-state index contributed by atoms with van der Waals surface area (Å²) in [7, 11) is 5.60. The van der Waals surface area contributed by atoms with Crippen molar-refractivity contribution in [3.05, 3.63) is 28.8 Å². The Bertz CT molecular complexity index is 522. The second-order valence-corrected chi connectivity index (χ2v) is 7.38. The SMILES string of the molecule is [B]CCc1ccc(CC2CN(CC3CCNCC3)C2)c(C)c1O. The summed E-state index contributed by atoms with van der Waals surface area (Å²) in [4.78, 5) is 2.61. The summed E-state index contributed by atoms with van der Waals surface area (Å²) in [5, 5.41) is 13.7. The van der Waals surface area contributed by atoms with Crippen LogP contribution in [0.1, 0.15) is 29.5 Å². The predicted molar refractivity (Wildman–Crippen MR) is 96.3 cm³/mol. The molecule has 124 valence electrons. The molecule has 1 aromatic rings. The first-order valence-corrected chi connectivity index (χ1v) is 9.10. The van der Waals surface area contributed by atoms with Crippen molar-refractivity contribution in [3.8, 4) is 5.75 Å². The standard InChI is InChI=1S/C19H29BN2O/c1-14-18(3-2-17(4-7-20)19(14)23)10-16-12-22(13-16)11-15-5-8-21-9-6-15/h2-3,15-16,21,23H,4-13H2,1H3. The lowest BCUT2D eigenvalue weighted by atomic mass is 9.86. The third-order valence-electron chi connectivity index (χ3n) is 5.56. The van der Waals surface area contributed by atoms with E-state index in [4.69, 9.17) is 7.85 Å². The Balaban J connectivity index is 1.48. The lowest BCUT2D eigenvalue weighted by molar-refractivity contribution is 0.0747. The van der Waals surface area contributed by atoms with Crippen LogP contribution in [0.4, 0.5) is 0 Å². The zero-order valence-corrected chi connectivity index (χ0v) is 14.4. The van der Waals surface area contributed by atoms with Crippen molar-refractivity contribution in [2.75, 3.05) is 32.7 Å². The summed E-state index contributed by atoms with van der Waals surface area (Å²) >= 11 is 0. The van der Waals surface area contributed by atoms with Gasteiger partial charge in [0.25, 0.3) is 0 Å². The third-order valence-corrected chi connectivity index (χ3v) is 5.56. The summed E-state index contributed by atoms with van der Waals surface area (Å²) in [5.41, 5.74) is 3.33. The topological polar surface area (TPSA) is 35.5 Å². The molecule has 0 spiro atoms. The van der Waals surface area contributed by atoms with Gasteiger partial charge in [-0.3, -0.25) is 0 Å². The monoisotopic (exact) mass is 312 g/mol. The Morgan fingerprint density at radius 3 is 2.57 bits per heavy atom. The normalized spacial score (nSPS) is 20.6. The number of hydrogen-bond acceptors (Lipinski definition) is 3. The number of aromatic hydroxyl groups is 1. The van der Waals surface area contributed by atoms with Crippen LogP contribution in [0.2, 0.25) is 6.32 Å². The number of likely N-dealkylation sites (tertiary alicyclic amines) is 1. The molecule has 0 saturated carbocycles. The molecule has 1 aromatic carbocycles. The number of phenols is 1. The van der Waals surface area contributed by atoms with E-state index >= 15 is 0 Å². The van der Waals surface area contributed by atoms with Gasteiger partial charge in [0.15, 0.2) is 0 Å². The smallest absolute Gasteiger partial charge is 0.121 e. The average molecular weight is 312 g/mol. The van der Waals surface area contributed by atoms with E-state index in [1.54, 1.807) is 0 Å². The predicted octanol–water partition coefficient (Wildman–Crippen LogP) is 2.30. The van der Waals surface area contributed by atoms with Crippen LogP contribution < -0.4 is 5.32 Å². The number of aryl methyl sites for hydroxylation is 1. The molecule has 0 amide bonds. The van der Waals surface area contributed by atoms with E-state index in [2.05, 4.69) is 22.3 Å². The van der Waals surface area contributed by atoms with Gasteiger partial charge in [-0.2, -0.15) is 0 Å². The molecule has 2 N–H and O–H groups in total. The van der Waals surface area contributed by atoms with Crippen molar-refractivity contribution in [2.24, 2.45) is 11.8 Å². The van der Waals surface area contributed by atoms with E-state index in [0.29, 0.717) is 12.1 Å². The molecular weight excluding hydrogens is 283 g/mol. The van der Waals surface area contributed by atoms with Crippen LogP contribution in [0.25, 0.3) is 0 Å². The fourth-order valence-electron chi connectivity index (χ4n) is 4.07. The molecule has 0 unspecified atom stereocenters. The first kappa shape index (κ1) is 16.8. The number of hydrogen-bond donors (Lipinski definition) is 2. The zero-order chi connectivity index (χ0) is 16.2. The van der Waals surface area contributed by atoms with Crippen molar-refractivity contribution in [2.45, 2.75) is 38.9 Å². The Kier molecular flexibility index (Phi) is 5.65. The number of nitrogens with zero attached hydrogens (tertiary/aromatic N) is 1. The minimum atomic E-state index is 0.457. The Hall–Kier alpha value is -0.995. The van der Waals surface area contributed by atoms with Gasteiger partial charge in [0.2, 0.25) is 0 Å². The number of piperidine rings is 1. The van der Waals surface area contributed by atoms with Crippen LogP contribution in [-0.2, 0) is 12.8 Å². The van der Waals surface area contributed by atoms with E-state index in [1.165, 1.54) is 51.1 Å². The first-order valence-electron chi connectivity index (χ1n) is 9.10. The molecule has 2 heterocycles. The van der Waals surface area contributed by atoms with Crippen LogP contribution >= 0.6 is 0 Å². The Morgan fingerprint density at radius 1 is 1.17 bits per heavy atom. The zero-order valence-electron chi connectivity index (χ0n) is 14.4. The van der Waals surface area contributed by atoms with Gasteiger partial charge in [0.1, 0.15) is 5.75 Å². The average Bonchev–Trinajstić information content (AvgIpc) is 2.53. The lowest BCUT2D eigenvalue weighted by Crippen LogP contribution is -2.50. The molecule has 0 bridgehead atoms. The molecule has 2 aliphatic heterocycles. The number of phenolic OH excluding ortho intramolecular Hbond substituents is 1. The van der Waals surface area contributed by atoms with E-state index in [1.807, 2.05) is 6.92 Å². The second-order valence-electron chi connectivity index (χ2n) is 7.38. The van der Waals surface area contributed by atoms with Gasteiger partial charge in [0.05, 0.1) is 7.85 Å². The summed E-state index contributed by atoms with van der Waals surface area (Å²) in [5.74, 6) is 2.09. The van der Waals surface area contributed by atoms with Gasteiger partial charge in [-0.1, -0.05) is 18.5 Å². The molecule has 2 radical (unpaired) electrons. The molecule has 3 nitrogen and oxygen atoms in total. The van der Waals surface area contributed by atoms with Crippen LogP contribution in [0, 0.1) is 18.8 Å². The van der Waals surface area contributed by atoms with Gasteiger partial charge in [0, 0.05) is 19.6 Å². The van der Waals surface area contributed by atoms with E-state index < -0.39 is 0 Å². The van der Waals surface area contributed by atoms with Crippen LogP contribution in [-0.4, -0.2) is 50.6 Å². The van der Waals surface area contributed by atoms with Crippen molar-refractivity contribution in [1.82, 2.24) is 10.2 Å². The fourth-order valence-corrected chi connectivity index (χ4v) is 4.07. The third kappa shape index (κ3) is 4.10. The molecule has 2 fully saturated rings. The quantitative estimate of drug-likeness (QED) is 0.791. The number of nitrogens with one attached hydrogen (secondary N) is 1. The van der Waals surface area contributed by atoms with Crippen LogP contribution in [0.5, 0.6) is 5.75 Å². The van der Waals surface area contributed by atoms with E-state index in [0.717, 1.165) is 35.8 Å². The van der Waals surface area contributed by atoms with Gasteiger partial charge >= 0.3 is 0 Å². The molecule has 3 rings (SSSR count). The molecule has 0 aliphatic carbocycles. The maximum atomic E-state index is 10.3. The Labute approximate surface area is 141 Å². The van der Waals surface area contributed by atoms with Gasteiger partial charge in [-0.15, -0.1) is 0 Å². The lowest BCUT2D eigenvalue weighted by Gasteiger charge is -2.42. The number of benzene rings is 1. The highest BCUT2D eigenvalue weighted by molar-refractivity contribution is 6.08. The number of rotatable bonds is 6. The molecule has 23 heavy (non-hydrogen) atoms. The largest absolute Gasteiger partial charge is 0.507 e. The molecule has 0 atom stereocenters. The van der Waals surface area contributed by atoms with Crippen LogP contribution in [0.3, 0.4) is 0 Å². The highest BCUT2D eigenvalue weighted by atomic mass is 16.3.